The standard InChI is InChI=1S/C20H18FN5O3/c1-20(13-5-7-14(21)8-6-13)18(28)26(19(29)24-20)12-17(27)22-10-15-11-25-9-3-2-4-16(25)23-15/h2-9,11H,10,12H2,1H3,(H,22,27)(H,24,29). The number of halogens is 1. The lowest BCUT2D eigenvalue weighted by Crippen LogP contribution is -2.43. The summed E-state index contributed by atoms with van der Waals surface area (Å²) in [6.45, 7) is 1.27. The van der Waals surface area contributed by atoms with Gasteiger partial charge in [-0.15, -0.1) is 0 Å². The first-order valence-corrected chi connectivity index (χ1v) is 8.96. The van der Waals surface area contributed by atoms with Crippen LogP contribution in [0.5, 0.6) is 0 Å². The molecule has 1 aliphatic heterocycles. The molecular weight excluding hydrogens is 377 g/mol. The number of fused-ring (bicyclic) bond motifs is 1. The Morgan fingerprint density at radius 3 is 2.69 bits per heavy atom. The van der Waals surface area contributed by atoms with Crippen LogP contribution in [0.4, 0.5) is 9.18 Å². The average molecular weight is 395 g/mol. The van der Waals surface area contributed by atoms with Gasteiger partial charge in [0.25, 0.3) is 5.91 Å². The van der Waals surface area contributed by atoms with Crippen molar-refractivity contribution in [2.45, 2.75) is 19.0 Å². The lowest BCUT2D eigenvalue weighted by Gasteiger charge is -2.22. The largest absolute Gasteiger partial charge is 0.349 e. The van der Waals surface area contributed by atoms with Crippen LogP contribution in [-0.4, -0.2) is 38.7 Å². The summed E-state index contributed by atoms with van der Waals surface area (Å²) in [6.07, 6.45) is 3.63. The number of amides is 4. The molecule has 0 saturated carbocycles. The average Bonchev–Trinajstić information content (AvgIpc) is 3.21. The number of imidazole rings is 1. The van der Waals surface area contributed by atoms with E-state index >= 15 is 0 Å². The normalized spacial score (nSPS) is 18.9. The molecule has 0 spiro atoms. The van der Waals surface area contributed by atoms with Gasteiger partial charge in [0.05, 0.1) is 12.2 Å². The van der Waals surface area contributed by atoms with Crippen LogP contribution < -0.4 is 10.6 Å². The molecule has 4 rings (SSSR count). The predicted molar refractivity (Wildman–Crippen MR) is 101 cm³/mol. The van der Waals surface area contributed by atoms with E-state index in [2.05, 4.69) is 15.6 Å². The van der Waals surface area contributed by atoms with Gasteiger partial charge in [0, 0.05) is 12.4 Å². The van der Waals surface area contributed by atoms with E-state index in [0.29, 0.717) is 11.3 Å². The van der Waals surface area contributed by atoms with E-state index < -0.39 is 35.7 Å². The number of hydrogen-bond donors (Lipinski definition) is 2. The zero-order valence-corrected chi connectivity index (χ0v) is 15.6. The Hall–Kier alpha value is -3.75. The Kier molecular flexibility index (Phi) is 4.50. The fourth-order valence-electron chi connectivity index (χ4n) is 3.28. The second-order valence-corrected chi connectivity index (χ2v) is 6.93. The quantitative estimate of drug-likeness (QED) is 0.641. The number of benzene rings is 1. The minimum Gasteiger partial charge on any atom is -0.349 e. The highest BCUT2D eigenvalue weighted by molar-refractivity contribution is 6.09. The fourth-order valence-corrected chi connectivity index (χ4v) is 3.28. The molecule has 9 heteroatoms. The van der Waals surface area contributed by atoms with Crippen LogP contribution in [0.3, 0.4) is 0 Å². The third-order valence-corrected chi connectivity index (χ3v) is 4.88. The maximum absolute atomic E-state index is 13.2. The van der Waals surface area contributed by atoms with Gasteiger partial charge in [-0.2, -0.15) is 0 Å². The zero-order valence-electron chi connectivity index (χ0n) is 15.6. The number of pyridine rings is 1. The third kappa shape index (κ3) is 3.42. The van der Waals surface area contributed by atoms with Crippen LogP contribution in [0.25, 0.3) is 5.65 Å². The second kappa shape index (κ2) is 7.01. The summed E-state index contributed by atoms with van der Waals surface area (Å²) in [4.78, 5) is 42.6. The Balaban J connectivity index is 1.41. The van der Waals surface area contributed by atoms with Crippen molar-refractivity contribution in [3.05, 3.63) is 71.9 Å². The maximum Gasteiger partial charge on any atom is 0.325 e. The number of nitrogens with one attached hydrogen (secondary N) is 2. The van der Waals surface area contributed by atoms with E-state index in [1.807, 2.05) is 28.8 Å². The van der Waals surface area contributed by atoms with Crippen LogP contribution in [-0.2, 0) is 21.7 Å². The van der Waals surface area contributed by atoms with Crippen molar-refractivity contribution in [3.8, 4) is 0 Å². The molecule has 1 saturated heterocycles. The number of rotatable bonds is 5. The minimum absolute atomic E-state index is 0.166. The molecule has 29 heavy (non-hydrogen) atoms. The number of imide groups is 1. The Morgan fingerprint density at radius 2 is 1.97 bits per heavy atom. The van der Waals surface area contributed by atoms with Crippen LogP contribution in [0.15, 0.2) is 54.9 Å². The lowest BCUT2D eigenvalue weighted by molar-refractivity contribution is -0.134. The summed E-state index contributed by atoms with van der Waals surface area (Å²) >= 11 is 0. The van der Waals surface area contributed by atoms with Gasteiger partial charge in [-0.25, -0.2) is 14.2 Å². The SMILES string of the molecule is CC1(c2ccc(F)cc2)NC(=O)N(CC(=O)NCc2cn3ccccc3n2)C1=O. The summed E-state index contributed by atoms with van der Waals surface area (Å²) in [5.74, 6) is -1.51. The molecular formula is C20H18FN5O3. The smallest absolute Gasteiger partial charge is 0.325 e. The molecule has 1 atom stereocenters. The highest BCUT2D eigenvalue weighted by Gasteiger charge is 2.49. The first-order chi connectivity index (χ1) is 13.9. The van der Waals surface area contributed by atoms with Gasteiger partial charge in [0.2, 0.25) is 5.91 Å². The Labute approximate surface area is 165 Å². The highest BCUT2D eigenvalue weighted by Crippen LogP contribution is 2.28. The molecule has 0 aliphatic carbocycles. The molecule has 1 fully saturated rings. The monoisotopic (exact) mass is 395 g/mol. The first-order valence-electron chi connectivity index (χ1n) is 8.96. The van der Waals surface area contributed by atoms with Crippen molar-refractivity contribution in [1.29, 1.82) is 0 Å². The molecule has 4 amide bonds. The number of carbonyl (C=O) groups is 3. The highest BCUT2D eigenvalue weighted by atomic mass is 19.1. The summed E-state index contributed by atoms with van der Waals surface area (Å²) in [6, 6.07) is 10.2. The number of hydrogen-bond acceptors (Lipinski definition) is 4. The topological polar surface area (TPSA) is 95.8 Å². The number of urea groups is 1. The second-order valence-electron chi connectivity index (χ2n) is 6.93. The summed E-state index contributed by atoms with van der Waals surface area (Å²) in [7, 11) is 0. The third-order valence-electron chi connectivity index (χ3n) is 4.88. The first kappa shape index (κ1) is 18.6. The lowest BCUT2D eigenvalue weighted by atomic mass is 9.92. The molecule has 1 aliphatic rings. The van der Waals surface area contributed by atoms with Crippen LogP contribution in [0.1, 0.15) is 18.2 Å². The van der Waals surface area contributed by atoms with Crippen molar-refractivity contribution in [1.82, 2.24) is 24.9 Å². The van der Waals surface area contributed by atoms with Crippen LogP contribution in [0.2, 0.25) is 0 Å². The molecule has 0 radical (unpaired) electrons. The van der Waals surface area contributed by atoms with Gasteiger partial charge in [-0.05, 0) is 36.8 Å². The van der Waals surface area contributed by atoms with E-state index in [1.165, 1.54) is 31.2 Å². The molecule has 2 aromatic heterocycles. The molecule has 8 nitrogen and oxygen atoms in total. The van der Waals surface area contributed by atoms with E-state index in [1.54, 1.807) is 6.20 Å². The zero-order chi connectivity index (χ0) is 20.6. The number of aromatic nitrogens is 2. The Bertz CT molecular complexity index is 1080. The van der Waals surface area contributed by atoms with Gasteiger partial charge in [-0.3, -0.25) is 14.5 Å². The molecule has 3 heterocycles. The molecule has 3 aromatic rings. The van der Waals surface area contributed by atoms with E-state index in [0.717, 1.165) is 10.5 Å². The molecule has 148 valence electrons. The van der Waals surface area contributed by atoms with Crippen molar-refractivity contribution in [2.75, 3.05) is 6.54 Å². The van der Waals surface area contributed by atoms with Gasteiger partial charge in [0.1, 0.15) is 23.5 Å². The van der Waals surface area contributed by atoms with Crippen molar-refractivity contribution < 1.29 is 18.8 Å². The predicted octanol–water partition coefficient (Wildman–Crippen LogP) is 1.56. The van der Waals surface area contributed by atoms with Gasteiger partial charge >= 0.3 is 6.03 Å². The summed E-state index contributed by atoms with van der Waals surface area (Å²) in [5, 5.41) is 5.25. The molecule has 1 unspecified atom stereocenters. The summed E-state index contributed by atoms with van der Waals surface area (Å²) < 4.78 is 15.0. The van der Waals surface area contributed by atoms with Crippen LogP contribution in [0, 0.1) is 5.82 Å². The van der Waals surface area contributed by atoms with E-state index in [-0.39, 0.29) is 6.54 Å². The molecule has 0 bridgehead atoms. The fraction of sp³-hybridized carbons (Fsp3) is 0.200. The van der Waals surface area contributed by atoms with Crippen molar-refractivity contribution in [3.63, 3.8) is 0 Å². The van der Waals surface area contributed by atoms with Crippen LogP contribution >= 0.6 is 0 Å². The van der Waals surface area contributed by atoms with Crippen molar-refractivity contribution in [2.24, 2.45) is 0 Å². The number of nitrogens with zero attached hydrogens (tertiary/aromatic N) is 3. The van der Waals surface area contributed by atoms with E-state index in [4.69, 9.17) is 0 Å². The van der Waals surface area contributed by atoms with Gasteiger partial charge in [0.15, 0.2) is 0 Å². The van der Waals surface area contributed by atoms with Gasteiger partial charge in [-0.1, -0.05) is 18.2 Å². The Morgan fingerprint density at radius 1 is 1.21 bits per heavy atom. The van der Waals surface area contributed by atoms with Gasteiger partial charge < -0.3 is 15.0 Å². The van der Waals surface area contributed by atoms with E-state index in [9.17, 15) is 18.8 Å². The molecule has 2 N–H and O–H groups in total. The minimum atomic E-state index is -1.35. The summed E-state index contributed by atoms with van der Waals surface area (Å²) in [5.41, 5.74) is 0.482. The maximum atomic E-state index is 13.2. The number of carbonyl (C=O) groups excluding carboxylic acids is 3. The van der Waals surface area contributed by atoms with Crippen molar-refractivity contribution >= 4 is 23.5 Å². The molecule has 1 aromatic carbocycles.